The number of carbonyl (C=O) groups is 1. The fourth-order valence-corrected chi connectivity index (χ4v) is 3.81. The first-order valence-corrected chi connectivity index (χ1v) is 9.49. The Morgan fingerprint density at radius 3 is 2.64 bits per heavy atom. The number of rotatable bonds is 4. The van der Waals surface area contributed by atoms with Gasteiger partial charge in [0, 0.05) is 10.9 Å². The molecule has 0 atom stereocenters. The number of amidine groups is 1. The molecule has 3 aromatic rings. The minimum Gasteiger partial charge on any atom is -0.497 e. The number of hydrogen-bond acceptors (Lipinski definition) is 5. The lowest BCUT2D eigenvalue weighted by Gasteiger charge is -2.07. The lowest BCUT2D eigenvalue weighted by Crippen LogP contribution is -2.19. The molecule has 0 bridgehead atoms. The number of ether oxygens (including phenoxy) is 2. The van der Waals surface area contributed by atoms with E-state index in [1.807, 2.05) is 60.7 Å². The summed E-state index contributed by atoms with van der Waals surface area (Å²) in [6.45, 7) is 0. The van der Waals surface area contributed by atoms with Crippen LogP contribution in [-0.2, 0) is 4.79 Å². The van der Waals surface area contributed by atoms with Crippen LogP contribution in [0.25, 0.3) is 16.8 Å². The highest BCUT2D eigenvalue weighted by Crippen LogP contribution is 2.33. The molecule has 6 heteroatoms. The predicted molar refractivity (Wildman–Crippen MR) is 114 cm³/mol. The van der Waals surface area contributed by atoms with Gasteiger partial charge in [0.05, 0.1) is 24.8 Å². The van der Waals surface area contributed by atoms with Gasteiger partial charge in [-0.2, -0.15) is 0 Å². The SMILES string of the molecule is COc1ccc(OC)c(/C=C2\SC(=Nc3cccc4ccccc34)NC2=O)c1. The topological polar surface area (TPSA) is 59.9 Å². The van der Waals surface area contributed by atoms with Crippen molar-refractivity contribution in [1.82, 2.24) is 5.32 Å². The van der Waals surface area contributed by atoms with Gasteiger partial charge in [-0.1, -0.05) is 36.4 Å². The van der Waals surface area contributed by atoms with E-state index in [9.17, 15) is 4.79 Å². The fourth-order valence-electron chi connectivity index (χ4n) is 2.99. The van der Waals surface area contributed by atoms with Gasteiger partial charge in [0.1, 0.15) is 11.5 Å². The van der Waals surface area contributed by atoms with Gasteiger partial charge in [-0.3, -0.25) is 4.79 Å². The summed E-state index contributed by atoms with van der Waals surface area (Å²) in [4.78, 5) is 17.6. The summed E-state index contributed by atoms with van der Waals surface area (Å²) in [6.07, 6.45) is 1.78. The van der Waals surface area contributed by atoms with Crippen molar-refractivity contribution in [3.05, 3.63) is 71.1 Å². The molecule has 4 rings (SSSR count). The van der Waals surface area contributed by atoms with Gasteiger partial charge < -0.3 is 14.8 Å². The lowest BCUT2D eigenvalue weighted by molar-refractivity contribution is -0.115. The zero-order valence-electron chi connectivity index (χ0n) is 15.4. The summed E-state index contributed by atoms with van der Waals surface area (Å²) >= 11 is 1.30. The van der Waals surface area contributed by atoms with E-state index in [0.717, 1.165) is 22.0 Å². The zero-order valence-corrected chi connectivity index (χ0v) is 16.2. The number of aliphatic imine (C=N–C) groups is 1. The highest BCUT2D eigenvalue weighted by Gasteiger charge is 2.24. The van der Waals surface area contributed by atoms with Gasteiger partial charge in [0.2, 0.25) is 0 Å². The molecular formula is C22H18N2O3S. The van der Waals surface area contributed by atoms with Crippen LogP contribution in [0.1, 0.15) is 5.56 Å². The number of nitrogens with zero attached hydrogens (tertiary/aromatic N) is 1. The first-order valence-electron chi connectivity index (χ1n) is 8.67. The van der Waals surface area contributed by atoms with Crippen LogP contribution in [0.15, 0.2) is 70.6 Å². The molecule has 0 radical (unpaired) electrons. The number of nitrogens with one attached hydrogen (secondary N) is 1. The molecule has 0 saturated carbocycles. The molecule has 1 heterocycles. The Bertz CT molecular complexity index is 1120. The van der Waals surface area contributed by atoms with Crippen molar-refractivity contribution >= 4 is 45.4 Å². The molecule has 1 fully saturated rings. The molecule has 5 nitrogen and oxygen atoms in total. The predicted octanol–water partition coefficient (Wildman–Crippen LogP) is 4.75. The molecule has 0 aliphatic carbocycles. The fraction of sp³-hybridized carbons (Fsp3) is 0.0909. The number of fused-ring (bicyclic) bond motifs is 1. The van der Waals surface area contributed by atoms with Crippen LogP contribution in [0.4, 0.5) is 5.69 Å². The van der Waals surface area contributed by atoms with Crippen molar-refractivity contribution in [2.75, 3.05) is 14.2 Å². The second-order valence-electron chi connectivity index (χ2n) is 6.09. The van der Waals surface area contributed by atoms with Crippen molar-refractivity contribution in [2.24, 2.45) is 4.99 Å². The first kappa shape index (κ1) is 18.1. The average Bonchev–Trinajstić information content (AvgIpc) is 3.07. The Hall–Kier alpha value is -3.25. The summed E-state index contributed by atoms with van der Waals surface area (Å²) in [6, 6.07) is 19.4. The van der Waals surface area contributed by atoms with E-state index in [-0.39, 0.29) is 5.91 Å². The smallest absolute Gasteiger partial charge is 0.264 e. The third-order valence-electron chi connectivity index (χ3n) is 4.36. The first-order chi connectivity index (χ1) is 13.7. The maximum Gasteiger partial charge on any atom is 0.264 e. The van der Waals surface area contributed by atoms with Crippen LogP contribution >= 0.6 is 11.8 Å². The summed E-state index contributed by atoms with van der Waals surface area (Å²) in [5.74, 6) is 1.18. The van der Waals surface area contributed by atoms with E-state index < -0.39 is 0 Å². The minimum absolute atomic E-state index is 0.186. The molecule has 28 heavy (non-hydrogen) atoms. The molecule has 0 spiro atoms. The Labute approximate surface area is 167 Å². The molecule has 3 aromatic carbocycles. The van der Waals surface area contributed by atoms with E-state index in [1.54, 1.807) is 20.3 Å². The number of amides is 1. The van der Waals surface area contributed by atoms with Crippen LogP contribution in [0.3, 0.4) is 0 Å². The standard InChI is InChI=1S/C22H18N2O3S/c1-26-16-10-11-19(27-2)15(12-16)13-20-21(25)24-22(28-20)23-18-9-5-7-14-6-3-4-8-17(14)18/h3-13H,1-2H3,(H,23,24,25)/b20-13-. The Morgan fingerprint density at radius 2 is 1.82 bits per heavy atom. The van der Waals surface area contributed by atoms with E-state index in [1.165, 1.54) is 11.8 Å². The van der Waals surface area contributed by atoms with Crippen LogP contribution in [0.5, 0.6) is 11.5 Å². The molecule has 1 aliphatic heterocycles. The van der Waals surface area contributed by atoms with Crippen LogP contribution in [-0.4, -0.2) is 25.3 Å². The molecule has 1 N–H and O–H groups in total. The summed E-state index contributed by atoms with van der Waals surface area (Å²) in [5.41, 5.74) is 1.59. The second kappa shape index (κ2) is 7.78. The molecule has 1 aliphatic rings. The Kier molecular flexibility index (Phi) is 5.04. The third kappa shape index (κ3) is 3.59. The van der Waals surface area contributed by atoms with Crippen LogP contribution in [0, 0.1) is 0 Å². The normalized spacial score (nSPS) is 16.6. The second-order valence-corrected chi connectivity index (χ2v) is 7.12. The molecular weight excluding hydrogens is 372 g/mol. The molecule has 1 saturated heterocycles. The largest absolute Gasteiger partial charge is 0.497 e. The number of benzene rings is 3. The Morgan fingerprint density at radius 1 is 1.00 bits per heavy atom. The van der Waals surface area contributed by atoms with Gasteiger partial charge in [-0.05, 0) is 47.5 Å². The number of methoxy groups -OCH3 is 2. The van der Waals surface area contributed by atoms with Crippen molar-refractivity contribution in [1.29, 1.82) is 0 Å². The van der Waals surface area contributed by atoms with Crippen molar-refractivity contribution in [2.45, 2.75) is 0 Å². The lowest BCUT2D eigenvalue weighted by atomic mass is 10.1. The Balaban J connectivity index is 1.68. The summed E-state index contributed by atoms with van der Waals surface area (Å²) < 4.78 is 10.7. The zero-order chi connectivity index (χ0) is 19.5. The third-order valence-corrected chi connectivity index (χ3v) is 5.27. The van der Waals surface area contributed by atoms with Gasteiger partial charge >= 0.3 is 0 Å². The molecule has 1 amide bonds. The van der Waals surface area contributed by atoms with Gasteiger partial charge in [-0.15, -0.1) is 0 Å². The maximum absolute atomic E-state index is 12.4. The van der Waals surface area contributed by atoms with Gasteiger partial charge in [0.15, 0.2) is 5.17 Å². The van der Waals surface area contributed by atoms with Crippen LogP contribution in [0.2, 0.25) is 0 Å². The number of hydrogen-bond donors (Lipinski definition) is 1. The van der Waals surface area contributed by atoms with Crippen molar-refractivity contribution in [3.8, 4) is 11.5 Å². The van der Waals surface area contributed by atoms with Gasteiger partial charge in [-0.25, -0.2) is 4.99 Å². The summed E-state index contributed by atoms with van der Waals surface area (Å²) in [5, 5.41) is 5.54. The van der Waals surface area contributed by atoms with E-state index >= 15 is 0 Å². The van der Waals surface area contributed by atoms with Gasteiger partial charge in [0.25, 0.3) is 5.91 Å². The van der Waals surface area contributed by atoms with E-state index in [0.29, 0.717) is 21.6 Å². The molecule has 0 unspecified atom stereocenters. The van der Waals surface area contributed by atoms with Crippen LogP contribution < -0.4 is 14.8 Å². The summed E-state index contributed by atoms with van der Waals surface area (Å²) in [7, 11) is 3.20. The minimum atomic E-state index is -0.186. The van der Waals surface area contributed by atoms with E-state index in [4.69, 9.17) is 9.47 Å². The monoisotopic (exact) mass is 390 g/mol. The van der Waals surface area contributed by atoms with Crippen molar-refractivity contribution < 1.29 is 14.3 Å². The molecule has 140 valence electrons. The average molecular weight is 390 g/mol. The number of thioether (sulfide) groups is 1. The number of carbonyl (C=O) groups excluding carboxylic acids is 1. The highest BCUT2D eigenvalue weighted by atomic mass is 32.2. The maximum atomic E-state index is 12.4. The quantitative estimate of drug-likeness (QED) is 0.653. The van der Waals surface area contributed by atoms with E-state index in [2.05, 4.69) is 10.3 Å². The highest BCUT2D eigenvalue weighted by molar-refractivity contribution is 8.18. The molecule has 0 aromatic heterocycles. The van der Waals surface area contributed by atoms with Crippen molar-refractivity contribution in [3.63, 3.8) is 0 Å².